The van der Waals surface area contributed by atoms with Gasteiger partial charge in [-0.15, -0.1) is 0 Å². The lowest BCUT2D eigenvalue weighted by Gasteiger charge is -2.50. The van der Waals surface area contributed by atoms with Gasteiger partial charge in [0.25, 0.3) is 0 Å². The zero-order valence-electron chi connectivity index (χ0n) is 15.9. The van der Waals surface area contributed by atoms with Crippen LogP contribution in [-0.4, -0.2) is 25.7 Å². The second-order valence-electron chi connectivity index (χ2n) is 7.24. The molecule has 0 aliphatic carbocycles. The van der Waals surface area contributed by atoms with Crippen molar-refractivity contribution in [2.45, 2.75) is 19.6 Å². The summed E-state index contributed by atoms with van der Waals surface area (Å²) < 4.78 is 20.5. The van der Waals surface area contributed by atoms with Crippen LogP contribution in [0, 0.1) is 0 Å². The Morgan fingerprint density at radius 1 is 0.407 bits per heavy atom. The summed E-state index contributed by atoms with van der Waals surface area (Å²) in [5, 5.41) is 3.45. The van der Waals surface area contributed by atoms with Crippen molar-refractivity contribution < 1.29 is 12.3 Å². The van der Waals surface area contributed by atoms with E-state index in [9.17, 15) is 0 Å². The highest BCUT2D eigenvalue weighted by atomic mass is 28.5. The van der Waals surface area contributed by atoms with Crippen LogP contribution in [0.15, 0.2) is 91.0 Å². The second-order valence-corrected chi connectivity index (χ2v) is 17.1. The minimum atomic E-state index is -2.65. The van der Waals surface area contributed by atoms with Gasteiger partial charge in [0.1, 0.15) is 0 Å². The minimum absolute atomic E-state index is 1.15. The van der Waals surface area contributed by atoms with Crippen LogP contribution in [0.4, 0.5) is 0 Å². The number of hydrogen-bond acceptors (Lipinski definition) is 3. The Kier molecular flexibility index (Phi) is 4.79. The maximum absolute atomic E-state index is 6.82. The molecule has 0 atom stereocenters. The monoisotopic (exact) mass is 408 g/mol. The Morgan fingerprint density at radius 2 is 0.630 bits per heavy atom. The van der Waals surface area contributed by atoms with E-state index in [0.717, 1.165) is 15.6 Å². The Morgan fingerprint density at radius 3 is 0.852 bits per heavy atom. The molecule has 0 radical (unpaired) electrons. The van der Waals surface area contributed by atoms with Crippen LogP contribution in [0.2, 0.25) is 19.6 Å². The van der Waals surface area contributed by atoms with E-state index in [1.165, 1.54) is 0 Å². The molecule has 0 saturated carbocycles. The van der Waals surface area contributed by atoms with Gasteiger partial charge in [0.2, 0.25) is 0 Å². The lowest BCUT2D eigenvalue weighted by atomic mass is 10.4. The van der Waals surface area contributed by atoms with Crippen LogP contribution < -0.4 is 15.6 Å². The Hall–Kier alpha value is -1.81. The molecule has 6 heteroatoms. The first-order chi connectivity index (χ1) is 12.9. The minimum Gasteiger partial charge on any atom is -0.409 e. The fourth-order valence-corrected chi connectivity index (χ4v) is 19.5. The number of hydrogen-bond donors (Lipinski definition) is 0. The molecular weight excluding hydrogens is 384 g/mol. The molecule has 0 N–H and O–H groups in total. The van der Waals surface area contributed by atoms with Crippen LogP contribution in [0.1, 0.15) is 0 Å². The van der Waals surface area contributed by atoms with Crippen molar-refractivity contribution in [3.05, 3.63) is 91.0 Å². The van der Waals surface area contributed by atoms with E-state index < -0.39 is 25.7 Å². The summed E-state index contributed by atoms with van der Waals surface area (Å²) in [6, 6.07) is 31.1. The van der Waals surface area contributed by atoms with Gasteiger partial charge in [-0.05, 0) is 35.2 Å². The Balaban J connectivity index is 1.85. The molecule has 4 rings (SSSR count). The predicted molar refractivity (Wildman–Crippen MR) is 116 cm³/mol. The normalized spacial score (nSPS) is 30.8. The van der Waals surface area contributed by atoms with Crippen molar-refractivity contribution in [2.75, 3.05) is 0 Å². The van der Waals surface area contributed by atoms with Gasteiger partial charge < -0.3 is 12.3 Å². The average molecular weight is 409 g/mol. The molecule has 3 aromatic carbocycles. The lowest BCUT2D eigenvalue weighted by Crippen LogP contribution is -2.77. The Bertz CT molecular complexity index is 775. The molecule has 27 heavy (non-hydrogen) atoms. The van der Waals surface area contributed by atoms with Crippen molar-refractivity contribution in [1.29, 1.82) is 0 Å². The molecule has 3 nitrogen and oxygen atoms in total. The molecule has 1 aliphatic rings. The number of benzene rings is 3. The van der Waals surface area contributed by atoms with Crippen molar-refractivity contribution in [2.24, 2.45) is 0 Å². The molecule has 0 amide bonds. The molecule has 1 aliphatic heterocycles. The second kappa shape index (κ2) is 6.97. The molecule has 138 valence electrons. The summed E-state index contributed by atoms with van der Waals surface area (Å²) in [4.78, 5) is 0. The zero-order valence-corrected chi connectivity index (χ0v) is 18.9. The highest BCUT2D eigenvalue weighted by molar-refractivity contribution is 7.05. The third-order valence-electron chi connectivity index (χ3n) is 5.06. The van der Waals surface area contributed by atoms with E-state index in [4.69, 9.17) is 12.3 Å². The Labute approximate surface area is 164 Å². The van der Waals surface area contributed by atoms with E-state index >= 15 is 0 Å². The lowest BCUT2D eigenvalue weighted by molar-refractivity contribution is 0.253. The molecule has 1 saturated heterocycles. The summed E-state index contributed by atoms with van der Waals surface area (Å²) in [5.74, 6) is 0. The van der Waals surface area contributed by atoms with Crippen LogP contribution in [0.3, 0.4) is 0 Å². The first-order valence-corrected chi connectivity index (χ1v) is 16.2. The van der Waals surface area contributed by atoms with Gasteiger partial charge >= 0.3 is 25.7 Å². The molecule has 3 aromatic rings. The highest BCUT2D eigenvalue weighted by Gasteiger charge is 2.59. The van der Waals surface area contributed by atoms with Gasteiger partial charge in [0.05, 0.1) is 0 Å². The van der Waals surface area contributed by atoms with Crippen LogP contribution in [0.25, 0.3) is 0 Å². The van der Waals surface area contributed by atoms with Crippen molar-refractivity contribution in [1.82, 2.24) is 0 Å². The van der Waals surface area contributed by atoms with Crippen LogP contribution in [-0.2, 0) is 12.3 Å². The first-order valence-electron chi connectivity index (χ1n) is 9.21. The zero-order chi connectivity index (χ0) is 19.0. The molecule has 1 fully saturated rings. The van der Waals surface area contributed by atoms with Crippen LogP contribution in [0.5, 0.6) is 0 Å². The van der Waals surface area contributed by atoms with Gasteiger partial charge in [-0.1, -0.05) is 91.0 Å². The molecule has 1 heterocycles. The van der Waals surface area contributed by atoms with Gasteiger partial charge in [-0.3, -0.25) is 0 Å². The summed E-state index contributed by atoms with van der Waals surface area (Å²) in [6.07, 6.45) is 0. The first kappa shape index (κ1) is 18.5. The summed E-state index contributed by atoms with van der Waals surface area (Å²) in [7, 11) is -7.95. The maximum Gasteiger partial charge on any atom is 0.352 e. The van der Waals surface area contributed by atoms with E-state index in [2.05, 4.69) is 92.4 Å². The third-order valence-corrected chi connectivity index (χ3v) is 18.6. The van der Waals surface area contributed by atoms with E-state index in [1.807, 2.05) is 18.2 Å². The number of rotatable bonds is 3. The standard InChI is InChI=1S/C21H24O3Si3/c1-25(19-13-7-4-8-14-19)22-26(2,20-15-9-5-10-16-20)24-27(3,23-25)21-17-11-6-12-18-21/h4-18H,1-3H3. The van der Waals surface area contributed by atoms with E-state index in [-0.39, 0.29) is 0 Å². The van der Waals surface area contributed by atoms with Crippen molar-refractivity contribution in [3.63, 3.8) is 0 Å². The third kappa shape index (κ3) is 3.52. The quantitative estimate of drug-likeness (QED) is 0.624. The van der Waals surface area contributed by atoms with E-state index in [1.54, 1.807) is 0 Å². The van der Waals surface area contributed by atoms with Crippen LogP contribution >= 0.6 is 0 Å². The fourth-order valence-electron chi connectivity index (χ4n) is 3.75. The smallest absolute Gasteiger partial charge is 0.352 e. The topological polar surface area (TPSA) is 27.7 Å². The van der Waals surface area contributed by atoms with Gasteiger partial charge in [-0.2, -0.15) is 0 Å². The SMILES string of the molecule is C[Si]1(c2ccccc2)O[Si](C)(c2ccccc2)O[Si](C)(c2ccccc2)O1. The summed E-state index contributed by atoms with van der Waals surface area (Å²) in [5.41, 5.74) is 0. The largest absolute Gasteiger partial charge is 0.409 e. The molecule has 0 bridgehead atoms. The molecular formula is C21H24O3Si3. The highest BCUT2D eigenvalue weighted by Crippen LogP contribution is 2.30. The summed E-state index contributed by atoms with van der Waals surface area (Å²) >= 11 is 0. The molecule has 0 unspecified atom stereocenters. The van der Waals surface area contributed by atoms with Crippen molar-refractivity contribution in [3.8, 4) is 0 Å². The maximum atomic E-state index is 6.82. The predicted octanol–water partition coefficient (Wildman–Crippen LogP) is 2.99. The summed E-state index contributed by atoms with van der Waals surface area (Å²) in [6.45, 7) is 6.48. The van der Waals surface area contributed by atoms with E-state index in [0.29, 0.717) is 0 Å². The average Bonchev–Trinajstić information content (AvgIpc) is 2.69. The molecule has 0 aromatic heterocycles. The fraction of sp³-hybridized carbons (Fsp3) is 0.143. The van der Waals surface area contributed by atoms with Gasteiger partial charge in [0.15, 0.2) is 0 Å². The van der Waals surface area contributed by atoms with Crippen molar-refractivity contribution >= 4 is 41.2 Å². The molecule has 0 spiro atoms. The van der Waals surface area contributed by atoms with Gasteiger partial charge in [0, 0.05) is 0 Å². The van der Waals surface area contributed by atoms with Gasteiger partial charge in [-0.25, -0.2) is 0 Å².